The van der Waals surface area contributed by atoms with Crippen LogP contribution in [0.15, 0.2) is 18.3 Å². The van der Waals surface area contributed by atoms with E-state index in [9.17, 15) is 4.79 Å². The van der Waals surface area contributed by atoms with Crippen molar-refractivity contribution in [2.75, 3.05) is 0 Å². The molecule has 0 saturated heterocycles. The Bertz CT molecular complexity index is 366. The fourth-order valence-electron chi connectivity index (χ4n) is 1.47. The molecule has 0 bridgehead atoms. The van der Waals surface area contributed by atoms with Crippen molar-refractivity contribution in [3.05, 3.63) is 29.0 Å². The molecule has 88 valence electrons. The van der Waals surface area contributed by atoms with E-state index in [1.165, 1.54) is 12.3 Å². The molecule has 16 heavy (non-hydrogen) atoms. The predicted molar refractivity (Wildman–Crippen MR) is 63.6 cm³/mol. The van der Waals surface area contributed by atoms with Gasteiger partial charge >= 0.3 is 5.97 Å². The molecule has 1 heterocycles. The standard InChI is InChI=1S/C12H16ClNO2/c1-8(2)6-9(3)16-12(15)11-7-10(13)4-5-14-11/h4-5,7-9H,6H2,1-3H3. The van der Waals surface area contributed by atoms with Gasteiger partial charge in [0.25, 0.3) is 0 Å². The monoisotopic (exact) mass is 241 g/mol. The smallest absolute Gasteiger partial charge is 0.357 e. The molecule has 0 aliphatic heterocycles. The van der Waals surface area contributed by atoms with Crippen molar-refractivity contribution in [1.82, 2.24) is 4.98 Å². The lowest BCUT2D eigenvalue weighted by atomic mass is 10.1. The molecule has 0 fully saturated rings. The first-order valence-electron chi connectivity index (χ1n) is 5.31. The van der Waals surface area contributed by atoms with E-state index in [1.54, 1.807) is 6.07 Å². The molecule has 1 rings (SSSR count). The molecule has 0 radical (unpaired) electrons. The highest BCUT2D eigenvalue weighted by Gasteiger charge is 2.14. The first kappa shape index (κ1) is 13.0. The van der Waals surface area contributed by atoms with Gasteiger partial charge in [0.05, 0.1) is 6.10 Å². The second-order valence-corrected chi connectivity index (χ2v) is 4.64. The summed E-state index contributed by atoms with van der Waals surface area (Å²) in [5, 5.41) is 0.485. The summed E-state index contributed by atoms with van der Waals surface area (Å²) in [4.78, 5) is 15.6. The van der Waals surface area contributed by atoms with Crippen LogP contribution in [0.25, 0.3) is 0 Å². The molecule has 1 atom stereocenters. The summed E-state index contributed by atoms with van der Waals surface area (Å²) in [5.74, 6) is 0.0748. The van der Waals surface area contributed by atoms with E-state index in [-0.39, 0.29) is 11.8 Å². The zero-order valence-corrected chi connectivity index (χ0v) is 10.5. The molecule has 1 unspecified atom stereocenters. The lowest BCUT2D eigenvalue weighted by Gasteiger charge is -2.14. The molecule has 0 aliphatic rings. The number of carbonyl (C=O) groups is 1. The first-order valence-corrected chi connectivity index (χ1v) is 5.69. The first-order chi connectivity index (χ1) is 7.49. The fourth-order valence-corrected chi connectivity index (χ4v) is 1.63. The maximum Gasteiger partial charge on any atom is 0.357 e. The van der Waals surface area contributed by atoms with Gasteiger partial charge in [0.15, 0.2) is 0 Å². The van der Waals surface area contributed by atoms with Crippen molar-refractivity contribution in [2.45, 2.75) is 33.3 Å². The summed E-state index contributed by atoms with van der Waals surface area (Å²) in [6.45, 7) is 6.05. The van der Waals surface area contributed by atoms with Crippen LogP contribution in [0.1, 0.15) is 37.7 Å². The van der Waals surface area contributed by atoms with Gasteiger partial charge in [-0.15, -0.1) is 0 Å². The summed E-state index contributed by atoms with van der Waals surface area (Å²) in [6, 6.07) is 3.13. The molecule has 0 saturated carbocycles. The lowest BCUT2D eigenvalue weighted by Crippen LogP contribution is -2.17. The largest absolute Gasteiger partial charge is 0.458 e. The van der Waals surface area contributed by atoms with E-state index in [0.29, 0.717) is 10.9 Å². The third-order valence-electron chi connectivity index (χ3n) is 2.04. The van der Waals surface area contributed by atoms with Gasteiger partial charge in [0.1, 0.15) is 5.69 Å². The van der Waals surface area contributed by atoms with Gasteiger partial charge < -0.3 is 4.74 Å². The Morgan fingerprint density at radius 2 is 2.19 bits per heavy atom. The fraction of sp³-hybridized carbons (Fsp3) is 0.500. The Morgan fingerprint density at radius 1 is 1.50 bits per heavy atom. The maximum atomic E-state index is 11.6. The molecule has 0 amide bonds. The Balaban J connectivity index is 2.59. The molecule has 0 N–H and O–H groups in total. The van der Waals surface area contributed by atoms with Crippen molar-refractivity contribution < 1.29 is 9.53 Å². The molecule has 0 spiro atoms. The van der Waals surface area contributed by atoms with Gasteiger partial charge in [-0.25, -0.2) is 9.78 Å². The van der Waals surface area contributed by atoms with Crippen LogP contribution in [-0.4, -0.2) is 17.1 Å². The van der Waals surface area contributed by atoms with Gasteiger partial charge in [-0.3, -0.25) is 0 Å². The molecule has 1 aromatic rings. The molecular weight excluding hydrogens is 226 g/mol. The maximum absolute atomic E-state index is 11.6. The van der Waals surface area contributed by atoms with Crippen LogP contribution in [0.2, 0.25) is 5.02 Å². The molecule has 3 nitrogen and oxygen atoms in total. The van der Waals surface area contributed by atoms with Crippen LogP contribution in [0, 0.1) is 5.92 Å². The van der Waals surface area contributed by atoms with Gasteiger partial charge in [0.2, 0.25) is 0 Å². The molecule has 0 aliphatic carbocycles. The molecule has 1 aromatic heterocycles. The number of halogens is 1. The Labute approximate surface area is 101 Å². The highest BCUT2D eigenvalue weighted by molar-refractivity contribution is 6.30. The minimum atomic E-state index is -0.421. The number of rotatable bonds is 4. The third-order valence-corrected chi connectivity index (χ3v) is 2.28. The SMILES string of the molecule is CC(C)CC(C)OC(=O)c1cc(Cl)ccn1. The van der Waals surface area contributed by atoms with E-state index in [2.05, 4.69) is 18.8 Å². The average Bonchev–Trinajstić information content (AvgIpc) is 2.16. The van der Waals surface area contributed by atoms with Crippen molar-refractivity contribution >= 4 is 17.6 Å². The minimum Gasteiger partial charge on any atom is -0.458 e. The Hall–Kier alpha value is -1.09. The predicted octanol–water partition coefficient (Wildman–Crippen LogP) is 3.33. The van der Waals surface area contributed by atoms with Crippen molar-refractivity contribution in [1.29, 1.82) is 0 Å². The normalized spacial score (nSPS) is 12.6. The number of hydrogen-bond donors (Lipinski definition) is 0. The van der Waals surface area contributed by atoms with Gasteiger partial charge in [-0.1, -0.05) is 25.4 Å². The highest BCUT2D eigenvalue weighted by Crippen LogP contribution is 2.12. The molecule has 0 aromatic carbocycles. The second-order valence-electron chi connectivity index (χ2n) is 4.20. The Kier molecular flexibility index (Phi) is 4.74. The van der Waals surface area contributed by atoms with Crippen LogP contribution in [0.3, 0.4) is 0 Å². The van der Waals surface area contributed by atoms with Crippen LogP contribution in [-0.2, 0) is 4.74 Å². The zero-order chi connectivity index (χ0) is 12.1. The van der Waals surface area contributed by atoms with Crippen LogP contribution < -0.4 is 0 Å². The van der Waals surface area contributed by atoms with E-state index >= 15 is 0 Å². The molecule has 4 heteroatoms. The lowest BCUT2D eigenvalue weighted by molar-refractivity contribution is 0.0293. The van der Waals surface area contributed by atoms with Crippen LogP contribution in [0.4, 0.5) is 0 Å². The quantitative estimate of drug-likeness (QED) is 0.759. The minimum absolute atomic E-state index is 0.103. The number of carbonyl (C=O) groups excluding carboxylic acids is 1. The number of hydrogen-bond acceptors (Lipinski definition) is 3. The number of pyridine rings is 1. The summed E-state index contributed by atoms with van der Waals surface area (Å²) >= 11 is 5.76. The number of ether oxygens (including phenoxy) is 1. The van der Waals surface area contributed by atoms with Gasteiger partial charge in [-0.05, 0) is 31.4 Å². The van der Waals surface area contributed by atoms with Crippen molar-refractivity contribution in [3.63, 3.8) is 0 Å². The third kappa shape index (κ3) is 4.19. The summed E-state index contributed by atoms with van der Waals surface area (Å²) in [5.41, 5.74) is 0.253. The van der Waals surface area contributed by atoms with Gasteiger partial charge in [0, 0.05) is 11.2 Å². The van der Waals surface area contributed by atoms with E-state index in [0.717, 1.165) is 6.42 Å². The zero-order valence-electron chi connectivity index (χ0n) is 9.74. The summed E-state index contributed by atoms with van der Waals surface area (Å²) in [7, 11) is 0. The van der Waals surface area contributed by atoms with Crippen molar-refractivity contribution in [3.8, 4) is 0 Å². The van der Waals surface area contributed by atoms with Crippen LogP contribution in [0.5, 0.6) is 0 Å². The summed E-state index contributed by atoms with van der Waals surface area (Å²) < 4.78 is 5.24. The number of aromatic nitrogens is 1. The number of nitrogens with zero attached hydrogens (tertiary/aromatic N) is 1. The topological polar surface area (TPSA) is 39.2 Å². The van der Waals surface area contributed by atoms with Crippen LogP contribution >= 0.6 is 11.6 Å². The second kappa shape index (κ2) is 5.85. The summed E-state index contributed by atoms with van der Waals surface area (Å²) in [6.07, 6.45) is 2.23. The molecular formula is C12H16ClNO2. The van der Waals surface area contributed by atoms with Gasteiger partial charge in [-0.2, -0.15) is 0 Å². The Morgan fingerprint density at radius 3 is 2.75 bits per heavy atom. The average molecular weight is 242 g/mol. The van der Waals surface area contributed by atoms with E-state index < -0.39 is 5.97 Å². The van der Waals surface area contributed by atoms with E-state index in [4.69, 9.17) is 16.3 Å². The highest BCUT2D eigenvalue weighted by atomic mass is 35.5. The number of esters is 1. The van der Waals surface area contributed by atoms with E-state index in [1.807, 2.05) is 6.92 Å². The van der Waals surface area contributed by atoms with Crippen molar-refractivity contribution in [2.24, 2.45) is 5.92 Å².